The summed E-state index contributed by atoms with van der Waals surface area (Å²) in [5, 5.41) is 7.59. The van der Waals surface area contributed by atoms with Gasteiger partial charge >= 0.3 is 0 Å². The van der Waals surface area contributed by atoms with E-state index in [1.807, 2.05) is 56.3 Å². The summed E-state index contributed by atoms with van der Waals surface area (Å²) in [6, 6.07) is 13.8. The predicted octanol–water partition coefficient (Wildman–Crippen LogP) is 4.71. The average molecular weight is 349 g/mol. The van der Waals surface area contributed by atoms with E-state index in [4.69, 9.17) is 28.6 Å². The van der Waals surface area contributed by atoms with E-state index in [0.29, 0.717) is 16.7 Å². The van der Waals surface area contributed by atoms with Crippen molar-refractivity contribution in [3.63, 3.8) is 0 Å². The van der Waals surface area contributed by atoms with Crippen LogP contribution in [0.15, 0.2) is 42.5 Å². The molecule has 122 valence electrons. The van der Waals surface area contributed by atoms with Crippen molar-refractivity contribution in [2.24, 2.45) is 0 Å². The van der Waals surface area contributed by atoms with Crippen molar-refractivity contribution in [3.05, 3.63) is 58.6 Å². The zero-order valence-electron chi connectivity index (χ0n) is 13.5. The Labute approximate surface area is 148 Å². The van der Waals surface area contributed by atoms with Gasteiger partial charge < -0.3 is 15.4 Å². The largest absolute Gasteiger partial charge is 0.491 e. The van der Waals surface area contributed by atoms with Crippen LogP contribution in [0.2, 0.25) is 5.02 Å². The third-order valence-electron chi connectivity index (χ3n) is 3.33. The molecule has 0 amide bonds. The van der Waals surface area contributed by atoms with Gasteiger partial charge in [0.1, 0.15) is 12.4 Å². The van der Waals surface area contributed by atoms with E-state index in [1.165, 1.54) is 5.56 Å². The third kappa shape index (κ3) is 5.73. The van der Waals surface area contributed by atoms with Crippen molar-refractivity contribution in [2.75, 3.05) is 11.9 Å². The van der Waals surface area contributed by atoms with Gasteiger partial charge in [0.05, 0.1) is 6.04 Å². The molecular formula is C18H21ClN2OS. The van der Waals surface area contributed by atoms with Crippen LogP contribution >= 0.6 is 23.8 Å². The Hall–Kier alpha value is -1.78. The molecule has 0 saturated heterocycles. The lowest BCUT2D eigenvalue weighted by atomic mass is 10.2. The van der Waals surface area contributed by atoms with Crippen molar-refractivity contribution in [1.82, 2.24) is 5.32 Å². The van der Waals surface area contributed by atoms with Crippen LogP contribution in [0, 0.1) is 13.8 Å². The monoisotopic (exact) mass is 348 g/mol. The zero-order valence-corrected chi connectivity index (χ0v) is 15.1. The minimum atomic E-state index is 0.0808. The number of hydrogen-bond acceptors (Lipinski definition) is 2. The molecule has 2 aromatic rings. The Morgan fingerprint density at radius 3 is 2.52 bits per heavy atom. The van der Waals surface area contributed by atoms with Gasteiger partial charge in [-0.1, -0.05) is 35.4 Å². The molecular weight excluding hydrogens is 328 g/mol. The van der Waals surface area contributed by atoms with Gasteiger partial charge in [0.15, 0.2) is 5.11 Å². The van der Waals surface area contributed by atoms with Crippen molar-refractivity contribution in [2.45, 2.75) is 26.8 Å². The molecule has 0 aliphatic carbocycles. The van der Waals surface area contributed by atoms with Gasteiger partial charge in [-0.25, -0.2) is 0 Å². The van der Waals surface area contributed by atoms with Gasteiger partial charge in [-0.3, -0.25) is 0 Å². The summed E-state index contributed by atoms with van der Waals surface area (Å²) >= 11 is 11.4. The summed E-state index contributed by atoms with van der Waals surface area (Å²) in [6.07, 6.45) is 0. The van der Waals surface area contributed by atoms with Gasteiger partial charge in [-0.15, -0.1) is 0 Å². The van der Waals surface area contributed by atoms with Crippen molar-refractivity contribution < 1.29 is 4.74 Å². The highest BCUT2D eigenvalue weighted by Crippen LogP contribution is 2.19. The summed E-state index contributed by atoms with van der Waals surface area (Å²) < 4.78 is 5.74. The van der Waals surface area contributed by atoms with Crippen LogP contribution in [0.25, 0.3) is 0 Å². The minimum Gasteiger partial charge on any atom is -0.491 e. The van der Waals surface area contributed by atoms with Crippen LogP contribution < -0.4 is 15.4 Å². The summed E-state index contributed by atoms with van der Waals surface area (Å²) in [6.45, 7) is 6.56. The van der Waals surface area contributed by atoms with Crippen LogP contribution in [-0.2, 0) is 0 Å². The minimum absolute atomic E-state index is 0.0808. The van der Waals surface area contributed by atoms with E-state index < -0.39 is 0 Å². The van der Waals surface area contributed by atoms with Crippen LogP contribution in [0.4, 0.5) is 5.69 Å². The SMILES string of the molecule is Cc1ccc(OC[C@H](C)NC(=S)Nc2ccc(C)c(Cl)c2)cc1. The first-order valence-electron chi connectivity index (χ1n) is 7.47. The maximum atomic E-state index is 6.11. The van der Waals surface area contributed by atoms with Crippen LogP contribution in [0.1, 0.15) is 18.1 Å². The van der Waals surface area contributed by atoms with Gasteiger partial charge in [0.25, 0.3) is 0 Å². The number of nitrogens with one attached hydrogen (secondary N) is 2. The molecule has 0 bridgehead atoms. The first kappa shape index (κ1) is 17.6. The van der Waals surface area contributed by atoms with E-state index in [2.05, 4.69) is 17.6 Å². The summed E-state index contributed by atoms with van der Waals surface area (Å²) in [5.41, 5.74) is 3.12. The zero-order chi connectivity index (χ0) is 16.8. The molecule has 0 heterocycles. The second kappa shape index (κ2) is 8.18. The van der Waals surface area contributed by atoms with Crippen LogP contribution in [0.3, 0.4) is 0 Å². The molecule has 0 saturated carbocycles. The van der Waals surface area contributed by atoms with Crippen molar-refractivity contribution in [3.8, 4) is 5.75 Å². The van der Waals surface area contributed by atoms with Crippen molar-refractivity contribution in [1.29, 1.82) is 0 Å². The number of hydrogen-bond donors (Lipinski definition) is 2. The third-order valence-corrected chi connectivity index (χ3v) is 3.96. The number of thiocarbonyl (C=S) groups is 1. The van der Waals surface area contributed by atoms with E-state index >= 15 is 0 Å². The summed E-state index contributed by atoms with van der Waals surface area (Å²) in [5.74, 6) is 0.855. The Morgan fingerprint density at radius 2 is 1.87 bits per heavy atom. The fourth-order valence-electron chi connectivity index (χ4n) is 1.96. The lowest BCUT2D eigenvalue weighted by molar-refractivity contribution is 0.287. The number of halogens is 1. The molecule has 0 radical (unpaired) electrons. The fourth-order valence-corrected chi connectivity index (χ4v) is 2.46. The lowest BCUT2D eigenvalue weighted by Gasteiger charge is -2.18. The maximum absolute atomic E-state index is 6.11. The second-order valence-corrected chi connectivity index (χ2v) is 6.40. The number of benzene rings is 2. The molecule has 5 heteroatoms. The molecule has 2 aromatic carbocycles. The lowest BCUT2D eigenvalue weighted by Crippen LogP contribution is -2.39. The molecule has 3 nitrogen and oxygen atoms in total. The van der Waals surface area contributed by atoms with E-state index in [0.717, 1.165) is 17.0 Å². The van der Waals surface area contributed by atoms with Gasteiger partial charge in [0, 0.05) is 10.7 Å². The van der Waals surface area contributed by atoms with E-state index in [9.17, 15) is 0 Å². The van der Waals surface area contributed by atoms with E-state index in [1.54, 1.807) is 0 Å². The topological polar surface area (TPSA) is 33.3 Å². The highest BCUT2D eigenvalue weighted by atomic mass is 35.5. The molecule has 2 rings (SSSR count). The number of anilines is 1. The number of aryl methyl sites for hydroxylation is 2. The molecule has 0 aliphatic rings. The Balaban J connectivity index is 1.79. The van der Waals surface area contributed by atoms with Crippen LogP contribution in [-0.4, -0.2) is 17.8 Å². The Morgan fingerprint density at radius 1 is 1.17 bits per heavy atom. The van der Waals surface area contributed by atoms with Gasteiger partial charge in [-0.2, -0.15) is 0 Å². The number of rotatable bonds is 5. The Kier molecular flexibility index (Phi) is 6.25. The van der Waals surface area contributed by atoms with Gasteiger partial charge in [-0.05, 0) is 62.8 Å². The smallest absolute Gasteiger partial charge is 0.171 e. The molecule has 2 N–H and O–H groups in total. The first-order valence-corrected chi connectivity index (χ1v) is 8.26. The second-order valence-electron chi connectivity index (χ2n) is 5.59. The normalized spacial score (nSPS) is 11.7. The summed E-state index contributed by atoms with van der Waals surface area (Å²) in [4.78, 5) is 0. The molecule has 0 spiro atoms. The quantitative estimate of drug-likeness (QED) is 0.766. The van der Waals surface area contributed by atoms with Gasteiger partial charge in [0.2, 0.25) is 0 Å². The van der Waals surface area contributed by atoms with Crippen LogP contribution in [0.5, 0.6) is 5.75 Å². The number of ether oxygens (including phenoxy) is 1. The molecule has 0 aromatic heterocycles. The van der Waals surface area contributed by atoms with E-state index in [-0.39, 0.29) is 6.04 Å². The standard InChI is InChI=1S/C18H21ClN2OS/c1-12-4-8-16(9-5-12)22-11-14(3)20-18(23)21-15-7-6-13(2)17(19)10-15/h4-10,14H,11H2,1-3H3,(H2,20,21,23)/t14-/m0/s1. The first-order chi connectivity index (χ1) is 10.9. The molecule has 23 heavy (non-hydrogen) atoms. The summed E-state index contributed by atoms with van der Waals surface area (Å²) in [7, 11) is 0. The highest BCUT2D eigenvalue weighted by molar-refractivity contribution is 7.80. The maximum Gasteiger partial charge on any atom is 0.171 e. The average Bonchev–Trinajstić information content (AvgIpc) is 2.50. The molecule has 1 atom stereocenters. The molecule has 0 fully saturated rings. The van der Waals surface area contributed by atoms with Crippen molar-refractivity contribution >= 4 is 34.6 Å². The molecule has 0 aliphatic heterocycles. The molecule has 0 unspecified atom stereocenters. The predicted molar refractivity (Wildman–Crippen MR) is 102 cm³/mol. The fraction of sp³-hybridized carbons (Fsp3) is 0.278. The Bertz CT molecular complexity index is 673. The highest BCUT2D eigenvalue weighted by Gasteiger charge is 2.06.